The first kappa shape index (κ1) is 12.7. The van der Waals surface area contributed by atoms with Crippen LogP contribution in [0.2, 0.25) is 0 Å². The Morgan fingerprint density at radius 1 is 1.25 bits per heavy atom. The van der Waals surface area contributed by atoms with E-state index in [0.717, 1.165) is 5.69 Å². The van der Waals surface area contributed by atoms with Crippen molar-refractivity contribution in [3.05, 3.63) is 29.8 Å². The highest BCUT2D eigenvalue weighted by Gasteiger charge is 2.04. The van der Waals surface area contributed by atoms with E-state index < -0.39 is 0 Å². The SMILES string of the molecule is CC(C)c1ccc(NC(=O)CN(C)C)cc1. The molecule has 0 aliphatic rings. The van der Waals surface area contributed by atoms with Crippen molar-refractivity contribution in [1.29, 1.82) is 0 Å². The van der Waals surface area contributed by atoms with Crippen LogP contribution >= 0.6 is 0 Å². The predicted molar refractivity (Wildman–Crippen MR) is 67.7 cm³/mol. The number of likely N-dealkylation sites (N-methyl/N-ethyl adjacent to an activating group) is 1. The van der Waals surface area contributed by atoms with Gasteiger partial charge in [-0.1, -0.05) is 26.0 Å². The van der Waals surface area contributed by atoms with Gasteiger partial charge in [0, 0.05) is 5.69 Å². The molecule has 0 spiro atoms. The Hall–Kier alpha value is -1.35. The average molecular weight is 220 g/mol. The summed E-state index contributed by atoms with van der Waals surface area (Å²) in [5, 5.41) is 2.86. The van der Waals surface area contributed by atoms with E-state index in [2.05, 4.69) is 31.3 Å². The number of carbonyl (C=O) groups is 1. The number of hydrogen-bond donors (Lipinski definition) is 1. The highest BCUT2D eigenvalue weighted by molar-refractivity contribution is 5.92. The first-order valence-electron chi connectivity index (χ1n) is 5.53. The van der Waals surface area contributed by atoms with Crippen LogP contribution in [0.3, 0.4) is 0 Å². The van der Waals surface area contributed by atoms with E-state index in [-0.39, 0.29) is 5.91 Å². The van der Waals surface area contributed by atoms with Crippen molar-refractivity contribution in [3.63, 3.8) is 0 Å². The Morgan fingerprint density at radius 2 is 1.81 bits per heavy atom. The lowest BCUT2D eigenvalue weighted by Crippen LogP contribution is -2.27. The Labute approximate surface area is 97.5 Å². The van der Waals surface area contributed by atoms with Crippen molar-refractivity contribution in [2.75, 3.05) is 26.0 Å². The van der Waals surface area contributed by atoms with Gasteiger partial charge < -0.3 is 10.2 Å². The van der Waals surface area contributed by atoms with Crippen LogP contribution < -0.4 is 5.32 Å². The minimum atomic E-state index is 0.0160. The first-order chi connectivity index (χ1) is 7.49. The number of nitrogens with one attached hydrogen (secondary N) is 1. The lowest BCUT2D eigenvalue weighted by Gasteiger charge is -2.11. The molecule has 0 aromatic heterocycles. The number of anilines is 1. The number of carbonyl (C=O) groups excluding carboxylic acids is 1. The first-order valence-corrected chi connectivity index (χ1v) is 5.53. The lowest BCUT2D eigenvalue weighted by atomic mass is 10.0. The van der Waals surface area contributed by atoms with E-state index in [1.807, 2.05) is 31.1 Å². The zero-order valence-corrected chi connectivity index (χ0v) is 10.4. The molecule has 1 aromatic rings. The highest BCUT2D eigenvalue weighted by atomic mass is 16.2. The predicted octanol–water partition coefficient (Wildman–Crippen LogP) is 2.31. The second kappa shape index (κ2) is 5.66. The van der Waals surface area contributed by atoms with Gasteiger partial charge in [-0.25, -0.2) is 0 Å². The van der Waals surface area contributed by atoms with Gasteiger partial charge in [0.2, 0.25) is 5.91 Å². The van der Waals surface area contributed by atoms with Crippen LogP contribution in [0.5, 0.6) is 0 Å². The molecule has 0 aliphatic heterocycles. The number of benzene rings is 1. The Morgan fingerprint density at radius 3 is 2.25 bits per heavy atom. The van der Waals surface area contributed by atoms with Crippen LogP contribution in [-0.4, -0.2) is 31.4 Å². The highest BCUT2D eigenvalue weighted by Crippen LogP contribution is 2.16. The summed E-state index contributed by atoms with van der Waals surface area (Å²) in [6, 6.07) is 8.00. The molecule has 0 heterocycles. The second-order valence-electron chi connectivity index (χ2n) is 4.56. The largest absolute Gasteiger partial charge is 0.325 e. The summed E-state index contributed by atoms with van der Waals surface area (Å²) < 4.78 is 0. The van der Waals surface area contributed by atoms with Gasteiger partial charge in [-0.3, -0.25) is 4.79 Å². The van der Waals surface area contributed by atoms with Crippen LogP contribution in [0, 0.1) is 0 Å². The van der Waals surface area contributed by atoms with Crippen LogP contribution in [0.1, 0.15) is 25.3 Å². The maximum atomic E-state index is 11.5. The van der Waals surface area contributed by atoms with E-state index in [0.29, 0.717) is 12.5 Å². The fourth-order valence-corrected chi connectivity index (χ4v) is 1.44. The van der Waals surface area contributed by atoms with Gasteiger partial charge in [0.15, 0.2) is 0 Å². The van der Waals surface area contributed by atoms with Crippen molar-refractivity contribution in [2.24, 2.45) is 0 Å². The standard InChI is InChI=1S/C13H20N2O/c1-10(2)11-5-7-12(8-6-11)14-13(16)9-15(3)4/h5-8,10H,9H2,1-4H3,(H,14,16). The van der Waals surface area contributed by atoms with Gasteiger partial charge in [0.05, 0.1) is 6.54 Å². The molecule has 0 radical (unpaired) electrons. The molecule has 0 saturated heterocycles. The molecule has 1 rings (SSSR count). The fraction of sp³-hybridized carbons (Fsp3) is 0.462. The number of rotatable bonds is 4. The summed E-state index contributed by atoms with van der Waals surface area (Å²) in [5.41, 5.74) is 2.14. The van der Waals surface area contributed by atoms with Crippen molar-refractivity contribution >= 4 is 11.6 Å². The van der Waals surface area contributed by atoms with Gasteiger partial charge in [0.1, 0.15) is 0 Å². The van der Waals surface area contributed by atoms with Gasteiger partial charge >= 0.3 is 0 Å². The van der Waals surface area contributed by atoms with Crippen molar-refractivity contribution in [2.45, 2.75) is 19.8 Å². The topological polar surface area (TPSA) is 32.3 Å². The molecule has 3 nitrogen and oxygen atoms in total. The van der Waals surface area contributed by atoms with E-state index >= 15 is 0 Å². The van der Waals surface area contributed by atoms with Crippen LogP contribution in [0.4, 0.5) is 5.69 Å². The van der Waals surface area contributed by atoms with Gasteiger partial charge in [-0.15, -0.1) is 0 Å². The van der Waals surface area contributed by atoms with E-state index in [9.17, 15) is 4.79 Å². The molecule has 0 unspecified atom stereocenters. The normalized spacial score (nSPS) is 10.9. The molecule has 16 heavy (non-hydrogen) atoms. The van der Waals surface area contributed by atoms with Crippen molar-refractivity contribution in [3.8, 4) is 0 Å². The molecule has 1 N–H and O–H groups in total. The quantitative estimate of drug-likeness (QED) is 0.844. The Bertz CT molecular complexity index is 341. The monoisotopic (exact) mass is 220 g/mol. The summed E-state index contributed by atoms with van der Waals surface area (Å²) in [4.78, 5) is 13.3. The molecule has 0 bridgehead atoms. The lowest BCUT2D eigenvalue weighted by molar-refractivity contribution is -0.116. The molecule has 0 aliphatic carbocycles. The molecule has 3 heteroatoms. The van der Waals surface area contributed by atoms with Gasteiger partial charge in [0.25, 0.3) is 0 Å². The summed E-state index contributed by atoms with van der Waals surface area (Å²) in [6.45, 7) is 4.71. The van der Waals surface area contributed by atoms with Gasteiger partial charge in [-0.2, -0.15) is 0 Å². The molecule has 0 fully saturated rings. The summed E-state index contributed by atoms with van der Waals surface area (Å²) in [6.07, 6.45) is 0. The fourth-order valence-electron chi connectivity index (χ4n) is 1.44. The van der Waals surface area contributed by atoms with Gasteiger partial charge in [-0.05, 0) is 37.7 Å². The smallest absolute Gasteiger partial charge is 0.238 e. The molecule has 0 atom stereocenters. The Balaban J connectivity index is 2.58. The maximum absolute atomic E-state index is 11.5. The molecule has 88 valence electrons. The Kier molecular flexibility index (Phi) is 4.50. The molecule has 1 amide bonds. The van der Waals surface area contributed by atoms with Crippen LogP contribution in [-0.2, 0) is 4.79 Å². The summed E-state index contributed by atoms with van der Waals surface area (Å²) >= 11 is 0. The third-order valence-electron chi connectivity index (χ3n) is 2.32. The molecular weight excluding hydrogens is 200 g/mol. The van der Waals surface area contributed by atoms with Crippen LogP contribution in [0.25, 0.3) is 0 Å². The maximum Gasteiger partial charge on any atom is 0.238 e. The number of hydrogen-bond acceptors (Lipinski definition) is 2. The third kappa shape index (κ3) is 4.03. The zero-order chi connectivity index (χ0) is 12.1. The number of amides is 1. The van der Waals surface area contributed by atoms with E-state index in [1.165, 1.54) is 5.56 Å². The summed E-state index contributed by atoms with van der Waals surface area (Å²) in [7, 11) is 3.75. The molecule has 0 saturated carbocycles. The minimum absolute atomic E-state index is 0.0160. The number of nitrogens with zero attached hydrogens (tertiary/aromatic N) is 1. The molecule has 1 aromatic carbocycles. The van der Waals surface area contributed by atoms with E-state index in [4.69, 9.17) is 0 Å². The minimum Gasteiger partial charge on any atom is -0.325 e. The van der Waals surface area contributed by atoms with E-state index in [1.54, 1.807) is 0 Å². The van der Waals surface area contributed by atoms with Crippen molar-refractivity contribution in [1.82, 2.24) is 4.90 Å². The summed E-state index contributed by atoms with van der Waals surface area (Å²) in [5.74, 6) is 0.536. The zero-order valence-electron chi connectivity index (χ0n) is 10.4. The third-order valence-corrected chi connectivity index (χ3v) is 2.32. The molecular formula is C13H20N2O. The average Bonchev–Trinajstić information content (AvgIpc) is 2.16. The van der Waals surface area contributed by atoms with Crippen LogP contribution in [0.15, 0.2) is 24.3 Å². The van der Waals surface area contributed by atoms with Crippen molar-refractivity contribution < 1.29 is 4.79 Å². The second-order valence-corrected chi connectivity index (χ2v) is 4.56.